The van der Waals surface area contributed by atoms with Gasteiger partial charge in [0.15, 0.2) is 0 Å². The highest BCUT2D eigenvalue weighted by Gasteiger charge is 2.48. The number of alkyl halides is 1. The van der Waals surface area contributed by atoms with Gasteiger partial charge in [-0.3, -0.25) is 4.79 Å². The molecule has 3 aromatic rings. The second-order valence-electron chi connectivity index (χ2n) is 7.26. The number of β-lactam (4-membered cyclic amide) rings is 1. The summed E-state index contributed by atoms with van der Waals surface area (Å²) in [5, 5.41) is 0. The quantitative estimate of drug-likeness (QED) is 0.608. The smallest absolute Gasteiger partial charge is 0.232 e. The van der Waals surface area contributed by atoms with Crippen LogP contribution in [0.15, 0.2) is 36.7 Å². The maximum Gasteiger partial charge on any atom is 0.232 e. The Morgan fingerprint density at radius 2 is 1.97 bits per heavy atom. The summed E-state index contributed by atoms with van der Waals surface area (Å²) < 4.78 is 47.8. The van der Waals surface area contributed by atoms with Crippen LogP contribution in [-0.2, 0) is 4.79 Å². The number of benzene rings is 2. The summed E-state index contributed by atoms with van der Waals surface area (Å²) in [7, 11) is 0. The van der Waals surface area contributed by atoms with Gasteiger partial charge >= 0.3 is 0 Å². The number of nitrogens with zero attached hydrogens (tertiary/aromatic N) is 2. The van der Waals surface area contributed by atoms with Crippen LogP contribution >= 0.6 is 0 Å². The zero-order valence-corrected chi connectivity index (χ0v) is 16.0. The maximum absolute atomic E-state index is 14.8. The van der Waals surface area contributed by atoms with Crippen LogP contribution < -0.4 is 9.64 Å². The molecule has 1 fully saturated rings. The highest BCUT2D eigenvalue weighted by atomic mass is 19.1. The van der Waals surface area contributed by atoms with Gasteiger partial charge in [-0.15, -0.1) is 0 Å². The van der Waals surface area contributed by atoms with Crippen molar-refractivity contribution in [3.63, 3.8) is 0 Å². The van der Waals surface area contributed by atoms with Crippen LogP contribution in [0.25, 0.3) is 11.0 Å². The number of anilines is 1. The lowest BCUT2D eigenvalue weighted by atomic mass is 9.82. The van der Waals surface area contributed by atoms with Gasteiger partial charge in [0.25, 0.3) is 0 Å². The van der Waals surface area contributed by atoms with Gasteiger partial charge in [-0.25, -0.2) is 18.2 Å². The van der Waals surface area contributed by atoms with Crippen molar-refractivity contribution in [2.45, 2.75) is 32.5 Å². The van der Waals surface area contributed by atoms with E-state index in [2.05, 4.69) is 9.97 Å². The molecule has 5 nitrogen and oxygen atoms in total. The molecular weight excluding hydrogens is 383 g/mol. The van der Waals surface area contributed by atoms with Crippen LogP contribution in [0.5, 0.6) is 5.75 Å². The molecule has 1 saturated heterocycles. The Balaban J connectivity index is 1.64. The Morgan fingerprint density at radius 1 is 1.24 bits per heavy atom. The lowest BCUT2D eigenvalue weighted by Crippen LogP contribution is -2.54. The molecule has 0 spiro atoms. The maximum atomic E-state index is 14.8. The predicted molar refractivity (Wildman–Crippen MR) is 103 cm³/mol. The van der Waals surface area contributed by atoms with Gasteiger partial charge in [0, 0.05) is 29.8 Å². The first-order valence-corrected chi connectivity index (χ1v) is 9.39. The molecule has 152 valence electrons. The molecule has 1 aromatic heterocycles. The van der Waals surface area contributed by atoms with Crippen molar-refractivity contribution in [2.24, 2.45) is 5.92 Å². The number of imidazole rings is 1. The Bertz CT molecular complexity index is 1040. The highest BCUT2D eigenvalue weighted by molar-refractivity contribution is 6.04. The number of ether oxygens (including phenoxy) is 1. The van der Waals surface area contributed by atoms with E-state index >= 15 is 0 Å². The van der Waals surface area contributed by atoms with Crippen molar-refractivity contribution in [2.75, 3.05) is 11.5 Å². The lowest BCUT2D eigenvalue weighted by Gasteiger charge is -2.46. The van der Waals surface area contributed by atoms with Crippen molar-refractivity contribution in [3.05, 3.63) is 53.9 Å². The average molecular weight is 403 g/mol. The summed E-state index contributed by atoms with van der Waals surface area (Å²) in [5.74, 6) is -2.40. The van der Waals surface area contributed by atoms with E-state index in [0.29, 0.717) is 5.69 Å². The van der Waals surface area contributed by atoms with Gasteiger partial charge in [-0.2, -0.15) is 0 Å². The first-order valence-electron chi connectivity index (χ1n) is 9.39. The third kappa shape index (κ3) is 3.43. The van der Waals surface area contributed by atoms with Crippen LogP contribution in [0.3, 0.4) is 0 Å². The van der Waals surface area contributed by atoms with Gasteiger partial charge in [0.05, 0.1) is 35.9 Å². The molecule has 3 atom stereocenters. The molecule has 2 heterocycles. The number of halogens is 3. The largest absolute Gasteiger partial charge is 0.493 e. The molecule has 29 heavy (non-hydrogen) atoms. The first-order chi connectivity index (χ1) is 13.9. The van der Waals surface area contributed by atoms with E-state index in [-0.39, 0.29) is 30.2 Å². The number of nitrogens with one attached hydrogen (secondary N) is 1. The minimum absolute atomic E-state index is 0.00636. The summed E-state index contributed by atoms with van der Waals surface area (Å²) in [6.45, 7) is 3.05. The first kappa shape index (κ1) is 19.3. The zero-order valence-electron chi connectivity index (χ0n) is 16.0. The minimum Gasteiger partial charge on any atom is -0.493 e. The molecule has 0 bridgehead atoms. The third-order valence-corrected chi connectivity index (χ3v) is 5.19. The molecule has 0 radical (unpaired) electrons. The van der Waals surface area contributed by atoms with Crippen LogP contribution in [0, 0.1) is 17.6 Å². The van der Waals surface area contributed by atoms with Gasteiger partial charge in [-0.1, -0.05) is 6.92 Å². The topological polar surface area (TPSA) is 58.2 Å². The summed E-state index contributed by atoms with van der Waals surface area (Å²) in [4.78, 5) is 21.0. The number of fused-ring (bicyclic) bond motifs is 1. The number of H-pyrrole nitrogens is 1. The molecule has 2 aromatic carbocycles. The van der Waals surface area contributed by atoms with E-state index in [1.165, 1.54) is 18.2 Å². The molecule has 1 aliphatic rings. The zero-order chi connectivity index (χ0) is 20.7. The van der Waals surface area contributed by atoms with E-state index < -0.39 is 29.8 Å². The number of hydrogen-bond donors (Lipinski definition) is 1. The highest BCUT2D eigenvalue weighted by Crippen LogP contribution is 2.45. The van der Waals surface area contributed by atoms with Crippen LogP contribution in [0.1, 0.15) is 31.9 Å². The van der Waals surface area contributed by atoms with Crippen LogP contribution in [0.4, 0.5) is 18.9 Å². The number of aromatic amines is 1. The Hall–Kier alpha value is -3.03. The molecule has 0 aliphatic carbocycles. The second-order valence-corrected chi connectivity index (χ2v) is 7.26. The number of carbonyl (C=O) groups excluding carboxylic acids is 1. The summed E-state index contributed by atoms with van der Waals surface area (Å²) in [6.07, 6.45) is 0.601. The Labute approximate surface area is 165 Å². The van der Waals surface area contributed by atoms with Gasteiger partial charge in [-0.05, 0) is 25.1 Å². The molecule has 1 aliphatic heterocycles. The van der Waals surface area contributed by atoms with E-state index in [1.807, 2.05) is 0 Å². The van der Waals surface area contributed by atoms with Crippen LogP contribution in [0.2, 0.25) is 0 Å². The predicted octanol–water partition coefficient (Wildman–Crippen LogP) is 4.69. The Morgan fingerprint density at radius 3 is 2.66 bits per heavy atom. The van der Waals surface area contributed by atoms with Gasteiger partial charge in [0.2, 0.25) is 5.91 Å². The van der Waals surface area contributed by atoms with Crippen LogP contribution in [-0.4, -0.2) is 28.7 Å². The van der Waals surface area contributed by atoms with Crippen molar-refractivity contribution >= 4 is 22.6 Å². The normalized spacial score (nSPS) is 20.0. The van der Waals surface area contributed by atoms with Gasteiger partial charge in [0.1, 0.15) is 23.6 Å². The summed E-state index contributed by atoms with van der Waals surface area (Å²) in [5.41, 5.74) is 1.80. The minimum atomic E-state index is -1.06. The van der Waals surface area contributed by atoms with E-state index in [0.717, 1.165) is 23.2 Å². The lowest BCUT2D eigenvalue weighted by molar-refractivity contribution is -0.129. The fourth-order valence-corrected chi connectivity index (χ4v) is 3.64. The molecule has 8 heteroatoms. The fraction of sp³-hybridized carbons (Fsp3) is 0.333. The van der Waals surface area contributed by atoms with E-state index in [1.54, 1.807) is 25.1 Å². The molecular formula is C21H20F3N3O2. The summed E-state index contributed by atoms with van der Waals surface area (Å²) in [6, 6.07) is 6.54. The standard InChI is InChI=1S/C21H20F3N3O2/c1-11(22)5-6-29-14-8-15(23)19(16(24)9-14)20-12(2)21(28)27(20)13-3-4-17-18(7-13)26-10-25-17/h3-4,7-12,20H,5-6H2,1-2H3,(H,25,26)/t11?,12-,20-/m0/s1. The van der Waals surface area contributed by atoms with Gasteiger partial charge < -0.3 is 14.6 Å². The SMILES string of the molecule is CC(F)CCOc1cc(F)c([C@@H]2[C@H](C)C(=O)N2c2ccc3nc[nH]c3c2)c(F)c1. The van der Waals surface area contributed by atoms with Crippen molar-refractivity contribution in [3.8, 4) is 5.75 Å². The number of carbonyl (C=O) groups is 1. The number of hydrogen-bond acceptors (Lipinski definition) is 3. The monoisotopic (exact) mass is 403 g/mol. The third-order valence-electron chi connectivity index (χ3n) is 5.19. The molecule has 1 unspecified atom stereocenters. The molecule has 1 N–H and O–H groups in total. The average Bonchev–Trinajstić information content (AvgIpc) is 3.14. The number of amides is 1. The van der Waals surface area contributed by atoms with Crippen molar-refractivity contribution in [1.82, 2.24) is 9.97 Å². The molecule has 4 rings (SSSR count). The van der Waals surface area contributed by atoms with Crippen molar-refractivity contribution < 1.29 is 22.7 Å². The van der Waals surface area contributed by atoms with Crippen molar-refractivity contribution in [1.29, 1.82) is 0 Å². The Kier molecular flexibility index (Phi) is 4.94. The molecule has 1 amide bonds. The second kappa shape index (κ2) is 7.42. The number of aromatic nitrogens is 2. The van der Waals surface area contributed by atoms with E-state index in [9.17, 15) is 18.0 Å². The van der Waals surface area contributed by atoms with E-state index in [4.69, 9.17) is 4.74 Å². The fourth-order valence-electron chi connectivity index (χ4n) is 3.64. The summed E-state index contributed by atoms with van der Waals surface area (Å²) >= 11 is 0. The number of rotatable bonds is 6. The molecule has 0 saturated carbocycles.